The van der Waals surface area contributed by atoms with Gasteiger partial charge in [0.2, 0.25) is 10.0 Å². The Labute approximate surface area is 119 Å². The molecule has 0 unspecified atom stereocenters. The van der Waals surface area contributed by atoms with E-state index in [9.17, 15) is 8.42 Å². The average molecular weight is 310 g/mol. The molecule has 1 aromatic rings. The fourth-order valence-corrected chi connectivity index (χ4v) is 2.87. The third-order valence-electron chi connectivity index (χ3n) is 2.38. The summed E-state index contributed by atoms with van der Waals surface area (Å²) in [5.74, 6) is 0.389. The number of sulfonamides is 1. The van der Waals surface area contributed by atoms with Crippen molar-refractivity contribution in [2.75, 3.05) is 6.54 Å². The predicted octanol–water partition coefficient (Wildman–Crippen LogP) is 3.46. The SMILES string of the molecule is CC(C)CCNS(=O)(=O)Cc1ccc(Cl)c(Cl)c1. The molecule has 3 nitrogen and oxygen atoms in total. The van der Waals surface area contributed by atoms with Crippen LogP contribution in [0.5, 0.6) is 0 Å². The van der Waals surface area contributed by atoms with E-state index in [2.05, 4.69) is 4.72 Å². The van der Waals surface area contributed by atoms with Crippen molar-refractivity contribution in [1.82, 2.24) is 4.72 Å². The largest absolute Gasteiger partial charge is 0.215 e. The van der Waals surface area contributed by atoms with Crippen LogP contribution in [0.3, 0.4) is 0 Å². The summed E-state index contributed by atoms with van der Waals surface area (Å²) < 4.78 is 26.2. The fourth-order valence-electron chi connectivity index (χ4n) is 1.40. The Kier molecular flexibility index (Phi) is 5.92. The van der Waals surface area contributed by atoms with E-state index < -0.39 is 10.0 Å². The molecule has 1 N–H and O–H groups in total. The highest BCUT2D eigenvalue weighted by Gasteiger charge is 2.12. The van der Waals surface area contributed by atoms with Crippen LogP contribution in [0.2, 0.25) is 10.0 Å². The Balaban J connectivity index is 2.62. The van der Waals surface area contributed by atoms with Gasteiger partial charge in [0.25, 0.3) is 0 Å². The van der Waals surface area contributed by atoms with Gasteiger partial charge in [-0.3, -0.25) is 0 Å². The summed E-state index contributed by atoms with van der Waals surface area (Å²) in [6, 6.07) is 4.84. The fraction of sp³-hybridized carbons (Fsp3) is 0.500. The van der Waals surface area contributed by atoms with Crippen LogP contribution < -0.4 is 4.72 Å². The first-order valence-corrected chi connectivity index (χ1v) is 8.12. The molecule has 102 valence electrons. The molecule has 0 bridgehead atoms. The van der Waals surface area contributed by atoms with Crippen LogP contribution in [-0.4, -0.2) is 15.0 Å². The third-order valence-corrected chi connectivity index (χ3v) is 4.48. The first-order valence-electron chi connectivity index (χ1n) is 5.71. The van der Waals surface area contributed by atoms with Crippen molar-refractivity contribution < 1.29 is 8.42 Å². The van der Waals surface area contributed by atoms with Crippen LogP contribution >= 0.6 is 23.2 Å². The van der Waals surface area contributed by atoms with Crippen molar-refractivity contribution in [3.8, 4) is 0 Å². The van der Waals surface area contributed by atoms with Gasteiger partial charge in [-0.25, -0.2) is 13.1 Å². The summed E-state index contributed by atoms with van der Waals surface area (Å²) in [7, 11) is -3.31. The molecule has 0 saturated heterocycles. The smallest absolute Gasteiger partial charge is 0.215 e. The molecular formula is C12H17Cl2NO2S. The summed E-state index contributed by atoms with van der Waals surface area (Å²) in [5.41, 5.74) is 0.626. The van der Waals surface area contributed by atoms with Gasteiger partial charge >= 0.3 is 0 Å². The molecule has 0 aliphatic rings. The highest BCUT2D eigenvalue weighted by Crippen LogP contribution is 2.23. The number of nitrogens with one attached hydrogen (secondary N) is 1. The molecule has 18 heavy (non-hydrogen) atoms. The van der Waals surface area contributed by atoms with Gasteiger partial charge in [-0.15, -0.1) is 0 Å². The highest BCUT2D eigenvalue weighted by atomic mass is 35.5. The Morgan fingerprint density at radius 2 is 1.89 bits per heavy atom. The minimum atomic E-state index is -3.31. The molecule has 0 aliphatic heterocycles. The lowest BCUT2D eigenvalue weighted by atomic mass is 10.1. The van der Waals surface area contributed by atoms with Gasteiger partial charge in [0.05, 0.1) is 15.8 Å². The Morgan fingerprint density at radius 3 is 2.44 bits per heavy atom. The second kappa shape index (κ2) is 6.75. The minimum Gasteiger partial charge on any atom is -0.215 e. The zero-order valence-corrected chi connectivity index (χ0v) is 12.7. The van der Waals surface area contributed by atoms with Crippen LogP contribution in [0.4, 0.5) is 0 Å². The Morgan fingerprint density at radius 1 is 1.22 bits per heavy atom. The van der Waals surface area contributed by atoms with Crippen LogP contribution in [0, 0.1) is 5.92 Å². The summed E-state index contributed by atoms with van der Waals surface area (Å²) in [6.45, 7) is 4.56. The lowest BCUT2D eigenvalue weighted by Crippen LogP contribution is -2.26. The monoisotopic (exact) mass is 309 g/mol. The maximum absolute atomic E-state index is 11.8. The molecule has 1 rings (SSSR count). The molecule has 0 saturated carbocycles. The van der Waals surface area contributed by atoms with Gasteiger partial charge in [-0.1, -0.05) is 43.1 Å². The molecule has 0 atom stereocenters. The van der Waals surface area contributed by atoms with Gasteiger partial charge in [0.1, 0.15) is 0 Å². The maximum atomic E-state index is 11.8. The number of hydrogen-bond donors (Lipinski definition) is 1. The predicted molar refractivity (Wildman–Crippen MR) is 76.5 cm³/mol. The lowest BCUT2D eigenvalue weighted by molar-refractivity contribution is 0.551. The van der Waals surface area contributed by atoms with E-state index in [-0.39, 0.29) is 5.75 Å². The van der Waals surface area contributed by atoms with E-state index in [1.165, 1.54) is 0 Å². The Bertz CT molecular complexity index is 501. The second-order valence-electron chi connectivity index (χ2n) is 4.58. The summed E-state index contributed by atoms with van der Waals surface area (Å²) in [4.78, 5) is 0. The lowest BCUT2D eigenvalue weighted by Gasteiger charge is -2.08. The van der Waals surface area contributed by atoms with Crippen molar-refractivity contribution >= 4 is 33.2 Å². The van der Waals surface area contributed by atoms with Gasteiger partial charge in [0, 0.05) is 6.54 Å². The third kappa shape index (κ3) is 5.57. The van der Waals surface area contributed by atoms with E-state index in [0.29, 0.717) is 28.1 Å². The number of halogens is 2. The normalized spacial score (nSPS) is 12.1. The zero-order chi connectivity index (χ0) is 13.8. The van der Waals surface area contributed by atoms with E-state index in [4.69, 9.17) is 23.2 Å². The van der Waals surface area contributed by atoms with Crippen molar-refractivity contribution in [3.63, 3.8) is 0 Å². The highest BCUT2D eigenvalue weighted by molar-refractivity contribution is 7.88. The van der Waals surface area contributed by atoms with Crippen molar-refractivity contribution in [1.29, 1.82) is 0 Å². The number of hydrogen-bond acceptors (Lipinski definition) is 2. The molecular weight excluding hydrogens is 293 g/mol. The van der Waals surface area contributed by atoms with Crippen LogP contribution in [0.25, 0.3) is 0 Å². The minimum absolute atomic E-state index is 0.0814. The van der Waals surface area contributed by atoms with Crippen molar-refractivity contribution in [2.24, 2.45) is 5.92 Å². The molecule has 0 aliphatic carbocycles. The van der Waals surface area contributed by atoms with Gasteiger partial charge in [-0.05, 0) is 30.0 Å². The van der Waals surface area contributed by atoms with Crippen LogP contribution in [-0.2, 0) is 15.8 Å². The summed E-state index contributed by atoms with van der Waals surface area (Å²) in [6.07, 6.45) is 0.820. The molecule has 0 radical (unpaired) electrons. The number of benzene rings is 1. The van der Waals surface area contributed by atoms with Crippen molar-refractivity contribution in [3.05, 3.63) is 33.8 Å². The quantitative estimate of drug-likeness (QED) is 0.874. The van der Waals surface area contributed by atoms with E-state index in [1.807, 2.05) is 13.8 Å². The summed E-state index contributed by atoms with van der Waals surface area (Å²) >= 11 is 11.6. The van der Waals surface area contributed by atoms with E-state index in [0.717, 1.165) is 6.42 Å². The Hall–Kier alpha value is -0.290. The zero-order valence-electron chi connectivity index (χ0n) is 10.4. The second-order valence-corrected chi connectivity index (χ2v) is 7.21. The summed E-state index contributed by atoms with van der Waals surface area (Å²) in [5, 5.41) is 0.789. The molecule has 1 aromatic carbocycles. The van der Waals surface area contributed by atoms with Crippen LogP contribution in [0.15, 0.2) is 18.2 Å². The molecule has 0 aromatic heterocycles. The van der Waals surface area contributed by atoms with Crippen LogP contribution in [0.1, 0.15) is 25.8 Å². The average Bonchev–Trinajstić information content (AvgIpc) is 2.22. The first-order chi connectivity index (χ1) is 8.30. The van der Waals surface area contributed by atoms with E-state index >= 15 is 0 Å². The van der Waals surface area contributed by atoms with Gasteiger partial charge in [0.15, 0.2) is 0 Å². The topological polar surface area (TPSA) is 46.2 Å². The molecule has 0 fully saturated rings. The molecule has 6 heteroatoms. The number of rotatable bonds is 6. The molecule has 0 heterocycles. The van der Waals surface area contributed by atoms with Gasteiger partial charge < -0.3 is 0 Å². The molecule has 0 spiro atoms. The first kappa shape index (κ1) is 15.8. The van der Waals surface area contributed by atoms with Crippen molar-refractivity contribution in [2.45, 2.75) is 26.0 Å². The standard InChI is InChI=1S/C12H17Cl2NO2S/c1-9(2)5-6-15-18(16,17)8-10-3-4-11(13)12(14)7-10/h3-4,7,9,15H,5-6,8H2,1-2H3. The molecule has 0 amide bonds. The van der Waals surface area contributed by atoms with Gasteiger partial charge in [-0.2, -0.15) is 0 Å². The van der Waals surface area contributed by atoms with E-state index in [1.54, 1.807) is 18.2 Å². The maximum Gasteiger partial charge on any atom is 0.215 e.